The molecule has 0 unspecified atom stereocenters. The van der Waals surface area contributed by atoms with E-state index in [-0.39, 0.29) is 30.2 Å². The van der Waals surface area contributed by atoms with Gasteiger partial charge in [0.2, 0.25) is 6.79 Å². The maximum atomic E-state index is 5.73. The van der Waals surface area contributed by atoms with Gasteiger partial charge in [-0.25, -0.2) is 0 Å². The number of rotatable bonds is 2. The first-order chi connectivity index (χ1) is 9.57. The molecule has 0 saturated carbocycles. The van der Waals surface area contributed by atoms with Crippen LogP contribution in [0.4, 0.5) is 0 Å². The fourth-order valence-corrected chi connectivity index (χ4v) is 3.32. The fourth-order valence-electron chi connectivity index (χ4n) is 3.32. The number of nitrogens with zero attached hydrogens (tertiary/aromatic N) is 1. The summed E-state index contributed by atoms with van der Waals surface area (Å²) in [4.78, 5) is 2.56. The van der Waals surface area contributed by atoms with Crippen molar-refractivity contribution in [3.05, 3.63) is 23.8 Å². The Morgan fingerprint density at radius 3 is 2.41 bits per heavy atom. The number of ether oxygens (including phenoxy) is 2. The normalized spacial score (nSPS) is 19.0. The zero-order chi connectivity index (χ0) is 14.2. The van der Waals surface area contributed by atoms with Crippen molar-refractivity contribution >= 4 is 24.8 Å². The zero-order valence-electron chi connectivity index (χ0n) is 13.4. The number of para-hydroxylation sites is 1. The standard InChI is InChI=1S/C16H24N2O2.2ClH/c1-16(2,3)15(18-9-7-17-8-10-18)12-5-4-6-13-14(12)20-11-19-13;;/h4-6,15,17H,7-11H2,1-3H3;2*1H/t15-;;/m0../s1. The van der Waals surface area contributed by atoms with E-state index in [0.717, 1.165) is 37.7 Å². The zero-order valence-corrected chi connectivity index (χ0v) is 15.1. The van der Waals surface area contributed by atoms with Crippen LogP contribution >= 0.6 is 24.8 Å². The van der Waals surface area contributed by atoms with E-state index in [4.69, 9.17) is 9.47 Å². The van der Waals surface area contributed by atoms with Crippen LogP contribution in [-0.4, -0.2) is 37.9 Å². The Morgan fingerprint density at radius 1 is 1.09 bits per heavy atom. The number of halogens is 2. The molecule has 1 atom stereocenters. The van der Waals surface area contributed by atoms with Gasteiger partial charge in [0.05, 0.1) is 0 Å². The monoisotopic (exact) mass is 348 g/mol. The summed E-state index contributed by atoms with van der Waals surface area (Å²) >= 11 is 0. The summed E-state index contributed by atoms with van der Waals surface area (Å²) in [6.45, 7) is 11.5. The molecule has 2 heterocycles. The number of benzene rings is 1. The summed E-state index contributed by atoms with van der Waals surface area (Å²) in [5.74, 6) is 1.82. The van der Waals surface area contributed by atoms with E-state index < -0.39 is 0 Å². The Labute approximate surface area is 145 Å². The molecule has 0 spiro atoms. The van der Waals surface area contributed by atoms with Crippen LogP contribution in [0.25, 0.3) is 0 Å². The van der Waals surface area contributed by atoms with Crippen molar-refractivity contribution in [1.29, 1.82) is 0 Å². The molecule has 0 bridgehead atoms. The van der Waals surface area contributed by atoms with E-state index in [1.807, 2.05) is 6.07 Å². The van der Waals surface area contributed by atoms with Gasteiger partial charge < -0.3 is 14.8 Å². The lowest BCUT2D eigenvalue weighted by atomic mass is 9.80. The molecular weight excluding hydrogens is 323 g/mol. The minimum atomic E-state index is 0. The van der Waals surface area contributed by atoms with E-state index in [9.17, 15) is 0 Å². The van der Waals surface area contributed by atoms with Crippen LogP contribution in [-0.2, 0) is 0 Å². The van der Waals surface area contributed by atoms with Gasteiger partial charge in [0.1, 0.15) is 0 Å². The third-order valence-electron chi connectivity index (χ3n) is 4.06. The van der Waals surface area contributed by atoms with Gasteiger partial charge in [0, 0.05) is 37.8 Å². The Balaban J connectivity index is 0.00000121. The second-order valence-electron chi connectivity index (χ2n) is 6.64. The van der Waals surface area contributed by atoms with Crippen molar-refractivity contribution in [2.24, 2.45) is 5.41 Å². The molecule has 0 aliphatic carbocycles. The number of fused-ring (bicyclic) bond motifs is 1. The van der Waals surface area contributed by atoms with Crippen LogP contribution in [0.1, 0.15) is 32.4 Å². The molecule has 2 aliphatic heterocycles. The molecule has 1 N–H and O–H groups in total. The predicted molar refractivity (Wildman–Crippen MR) is 93.7 cm³/mol. The van der Waals surface area contributed by atoms with Crippen molar-refractivity contribution < 1.29 is 9.47 Å². The van der Waals surface area contributed by atoms with Gasteiger partial charge in [0.15, 0.2) is 11.5 Å². The van der Waals surface area contributed by atoms with E-state index in [2.05, 4.69) is 43.1 Å². The second-order valence-corrected chi connectivity index (χ2v) is 6.64. The molecule has 3 rings (SSSR count). The molecule has 126 valence electrons. The Morgan fingerprint density at radius 2 is 1.77 bits per heavy atom. The van der Waals surface area contributed by atoms with Gasteiger partial charge in [-0.15, -0.1) is 24.8 Å². The van der Waals surface area contributed by atoms with Gasteiger partial charge in [-0.1, -0.05) is 32.9 Å². The molecule has 6 heteroatoms. The molecule has 22 heavy (non-hydrogen) atoms. The van der Waals surface area contributed by atoms with Gasteiger partial charge in [0.25, 0.3) is 0 Å². The minimum Gasteiger partial charge on any atom is -0.454 e. The van der Waals surface area contributed by atoms with Crippen molar-refractivity contribution in [1.82, 2.24) is 10.2 Å². The summed E-state index contributed by atoms with van der Waals surface area (Å²) in [5.41, 5.74) is 1.41. The molecule has 1 aromatic carbocycles. The maximum Gasteiger partial charge on any atom is 0.231 e. The lowest BCUT2D eigenvalue weighted by molar-refractivity contribution is 0.0831. The topological polar surface area (TPSA) is 33.7 Å². The van der Waals surface area contributed by atoms with Crippen LogP contribution in [0.3, 0.4) is 0 Å². The highest BCUT2D eigenvalue weighted by atomic mass is 35.5. The number of hydrogen-bond acceptors (Lipinski definition) is 4. The van der Waals surface area contributed by atoms with Crippen molar-refractivity contribution in [2.45, 2.75) is 26.8 Å². The first kappa shape index (κ1) is 19.4. The van der Waals surface area contributed by atoms with E-state index >= 15 is 0 Å². The van der Waals surface area contributed by atoms with Gasteiger partial charge in [-0.05, 0) is 11.5 Å². The Hall–Kier alpha value is -0.680. The molecule has 1 saturated heterocycles. The lowest BCUT2D eigenvalue weighted by Gasteiger charge is -2.42. The summed E-state index contributed by atoms with van der Waals surface area (Å²) in [7, 11) is 0. The van der Waals surface area contributed by atoms with Crippen LogP contribution in [0.5, 0.6) is 11.5 Å². The Kier molecular flexibility index (Phi) is 6.81. The van der Waals surface area contributed by atoms with Gasteiger partial charge in [-0.3, -0.25) is 4.90 Å². The average molecular weight is 349 g/mol. The highest BCUT2D eigenvalue weighted by Crippen LogP contribution is 2.46. The summed E-state index contributed by atoms with van der Waals surface area (Å²) in [5, 5.41) is 3.43. The molecule has 0 aromatic heterocycles. The molecular formula is C16H26Cl2N2O2. The smallest absolute Gasteiger partial charge is 0.231 e. The molecule has 1 aromatic rings. The second kappa shape index (κ2) is 7.73. The van der Waals surface area contributed by atoms with Crippen molar-refractivity contribution in [3.63, 3.8) is 0 Å². The summed E-state index contributed by atoms with van der Waals surface area (Å²) < 4.78 is 11.3. The highest BCUT2D eigenvalue weighted by molar-refractivity contribution is 5.85. The summed E-state index contributed by atoms with van der Waals surface area (Å²) in [6, 6.07) is 6.60. The quantitative estimate of drug-likeness (QED) is 0.889. The first-order valence-electron chi connectivity index (χ1n) is 7.40. The Bertz CT molecular complexity index is 486. The van der Waals surface area contributed by atoms with E-state index in [0.29, 0.717) is 12.8 Å². The largest absolute Gasteiger partial charge is 0.454 e. The first-order valence-corrected chi connectivity index (χ1v) is 7.40. The molecule has 1 fully saturated rings. The maximum absolute atomic E-state index is 5.73. The molecule has 0 amide bonds. The van der Waals surface area contributed by atoms with Gasteiger partial charge >= 0.3 is 0 Å². The summed E-state index contributed by atoms with van der Waals surface area (Å²) in [6.07, 6.45) is 0. The third-order valence-corrected chi connectivity index (χ3v) is 4.06. The van der Waals surface area contributed by atoms with Crippen LogP contribution in [0.15, 0.2) is 18.2 Å². The number of piperazine rings is 1. The van der Waals surface area contributed by atoms with Crippen molar-refractivity contribution in [3.8, 4) is 11.5 Å². The molecule has 4 nitrogen and oxygen atoms in total. The predicted octanol–water partition coefficient (Wildman–Crippen LogP) is 3.25. The lowest BCUT2D eigenvalue weighted by Crippen LogP contribution is -2.48. The SMILES string of the molecule is CC(C)(C)[C@H](c1cccc2c1OCO2)N1CCNCC1.Cl.Cl. The fraction of sp³-hybridized carbons (Fsp3) is 0.625. The van der Waals surface area contributed by atoms with E-state index in [1.54, 1.807) is 0 Å². The van der Waals surface area contributed by atoms with Crippen molar-refractivity contribution in [2.75, 3.05) is 33.0 Å². The molecule has 2 aliphatic rings. The average Bonchev–Trinajstić information content (AvgIpc) is 2.88. The molecule has 0 radical (unpaired) electrons. The third kappa shape index (κ3) is 3.80. The van der Waals surface area contributed by atoms with Crippen LogP contribution in [0, 0.1) is 5.41 Å². The number of hydrogen-bond donors (Lipinski definition) is 1. The van der Waals surface area contributed by atoms with Crippen LogP contribution in [0.2, 0.25) is 0 Å². The van der Waals surface area contributed by atoms with Crippen LogP contribution < -0.4 is 14.8 Å². The minimum absolute atomic E-state index is 0. The highest BCUT2D eigenvalue weighted by Gasteiger charge is 2.36. The number of nitrogens with one attached hydrogen (secondary N) is 1. The van der Waals surface area contributed by atoms with E-state index in [1.165, 1.54) is 5.56 Å². The van der Waals surface area contributed by atoms with Gasteiger partial charge in [-0.2, -0.15) is 0 Å².